The molecule has 1 aliphatic heterocycles. The first-order valence-electron chi connectivity index (χ1n) is 8.01. The number of hydrogen-bond donors (Lipinski definition) is 1. The van der Waals surface area contributed by atoms with Gasteiger partial charge in [0.1, 0.15) is 12.4 Å². The van der Waals surface area contributed by atoms with Crippen LogP contribution < -0.4 is 10.1 Å². The molecule has 1 unspecified atom stereocenters. The van der Waals surface area contributed by atoms with E-state index >= 15 is 0 Å². The predicted molar refractivity (Wildman–Crippen MR) is 108 cm³/mol. The minimum Gasteiger partial charge on any atom is -0.489 e. The Hall–Kier alpha value is -1.24. The van der Waals surface area contributed by atoms with Crippen molar-refractivity contribution in [3.63, 3.8) is 0 Å². The van der Waals surface area contributed by atoms with Gasteiger partial charge in [-0.3, -0.25) is 4.99 Å². The maximum absolute atomic E-state index is 5.70. The van der Waals surface area contributed by atoms with Crippen LogP contribution in [0, 0.1) is 5.92 Å². The van der Waals surface area contributed by atoms with Crippen molar-refractivity contribution in [1.29, 1.82) is 0 Å². The second kappa shape index (κ2) is 10.5. The van der Waals surface area contributed by atoms with Gasteiger partial charge in [0.2, 0.25) is 0 Å². The summed E-state index contributed by atoms with van der Waals surface area (Å²) in [6.45, 7) is 9.39. The van der Waals surface area contributed by atoms with Crippen LogP contribution >= 0.6 is 24.0 Å². The molecule has 1 aromatic rings. The molecule has 0 saturated carbocycles. The zero-order chi connectivity index (χ0) is 15.8. The Morgan fingerprint density at radius 1 is 1.48 bits per heavy atom. The second-order valence-electron chi connectivity index (χ2n) is 5.80. The number of benzene rings is 1. The first kappa shape index (κ1) is 19.8. The molecule has 0 radical (unpaired) electrons. The van der Waals surface area contributed by atoms with Crippen LogP contribution in [0.4, 0.5) is 0 Å². The van der Waals surface area contributed by atoms with Crippen LogP contribution in [0.5, 0.6) is 5.75 Å². The highest BCUT2D eigenvalue weighted by Crippen LogP contribution is 2.19. The minimum atomic E-state index is 0. The van der Waals surface area contributed by atoms with Crippen LogP contribution in [0.2, 0.25) is 0 Å². The summed E-state index contributed by atoms with van der Waals surface area (Å²) in [5, 5.41) is 3.46. The molecule has 0 aliphatic carbocycles. The quantitative estimate of drug-likeness (QED) is 0.336. The largest absolute Gasteiger partial charge is 0.489 e. The molecule has 1 N–H and O–H groups in total. The fourth-order valence-corrected chi connectivity index (χ4v) is 2.83. The Balaban J connectivity index is 0.00000264. The van der Waals surface area contributed by atoms with Crippen LogP contribution in [-0.4, -0.2) is 37.6 Å². The number of aliphatic imine (C=N–C) groups is 1. The number of ether oxygens (including phenoxy) is 1. The van der Waals surface area contributed by atoms with E-state index in [4.69, 9.17) is 4.74 Å². The Morgan fingerprint density at radius 3 is 2.96 bits per heavy atom. The van der Waals surface area contributed by atoms with E-state index < -0.39 is 0 Å². The highest BCUT2D eigenvalue weighted by molar-refractivity contribution is 14.0. The number of piperidine rings is 1. The lowest BCUT2D eigenvalue weighted by Crippen LogP contribution is -2.45. The van der Waals surface area contributed by atoms with Gasteiger partial charge < -0.3 is 15.0 Å². The van der Waals surface area contributed by atoms with E-state index in [0.29, 0.717) is 13.2 Å². The Kier molecular flexibility index (Phi) is 9.06. The van der Waals surface area contributed by atoms with Gasteiger partial charge in [0.05, 0.1) is 0 Å². The maximum Gasteiger partial charge on any atom is 0.193 e. The van der Waals surface area contributed by atoms with Gasteiger partial charge in [0.15, 0.2) is 5.96 Å². The van der Waals surface area contributed by atoms with Crippen LogP contribution in [0.25, 0.3) is 0 Å². The SMILES string of the molecule is C=CCOc1ccccc1CNC(=NC)N1CCCC(C)C1.I. The molecule has 23 heavy (non-hydrogen) atoms. The lowest BCUT2D eigenvalue weighted by Gasteiger charge is -2.33. The van der Waals surface area contributed by atoms with Crippen molar-refractivity contribution in [1.82, 2.24) is 10.2 Å². The van der Waals surface area contributed by atoms with Gasteiger partial charge in [0, 0.05) is 32.2 Å². The van der Waals surface area contributed by atoms with Crippen molar-refractivity contribution in [3.8, 4) is 5.75 Å². The van der Waals surface area contributed by atoms with Gasteiger partial charge >= 0.3 is 0 Å². The highest BCUT2D eigenvalue weighted by Gasteiger charge is 2.19. The molecule has 1 aromatic carbocycles. The number of likely N-dealkylation sites (tertiary alicyclic amines) is 1. The average Bonchev–Trinajstić information content (AvgIpc) is 2.54. The minimum absolute atomic E-state index is 0. The monoisotopic (exact) mass is 429 g/mol. The number of hydrogen-bond acceptors (Lipinski definition) is 2. The van der Waals surface area contributed by atoms with Crippen molar-refractivity contribution >= 4 is 29.9 Å². The number of para-hydroxylation sites is 1. The molecule has 0 aromatic heterocycles. The van der Waals surface area contributed by atoms with Gasteiger partial charge in [-0.05, 0) is 24.8 Å². The van der Waals surface area contributed by atoms with Crippen molar-refractivity contribution in [2.45, 2.75) is 26.3 Å². The standard InChI is InChI=1S/C18H27N3O.HI/c1-4-12-22-17-10-6-5-9-16(17)13-20-18(19-3)21-11-7-8-15(2)14-21;/h4-6,9-10,15H,1,7-8,11-14H2,2-3H3,(H,19,20);1H. The molecule has 4 nitrogen and oxygen atoms in total. The van der Waals surface area contributed by atoms with Crippen LogP contribution in [0.15, 0.2) is 41.9 Å². The van der Waals surface area contributed by atoms with E-state index in [0.717, 1.165) is 36.3 Å². The van der Waals surface area contributed by atoms with E-state index in [2.05, 4.69) is 34.8 Å². The zero-order valence-corrected chi connectivity index (χ0v) is 16.5. The van der Waals surface area contributed by atoms with Gasteiger partial charge in [-0.25, -0.2) is 0 Å². The molecule has 5 heteroatoms. The number of rotatable bonds is 5. The summed E-state index contributed by atoms with van der Waals surface area (Å²) in [5.41, 5.74) is 1.13. The Labute approximate surface area is 157 Å². The first-order chi connectivity index (χ1) is 10.7. The Morgan fingerprint density at radius 2 is 2.26 bits per heavy atom. The molecule has 0 spiro atoms. The van der Waals surface area contributed by atoms with Gasteiger partial charge in [0.25, 0.3) is 0 Å². The van der Waals surface area contributed by atoms with Gasteiger partial charge in [-0.2, -0.15) is 0 Å². The van der Waals surface area contributed by atoms with Crippen LogP contribution in [0.3, 0.4) is 0 Å². The molecule has 1 saturated heterocycles. The van der Waals surface area contributed by atoms with Gasteiger partial charge in [-0.1, -0.05) is 37.8 Å². The highest BCUT2D eigenvalue weighted by atomic mass is 127. The summed E-state index contributed by atoms with van der Waals surface area (Å²) in [6.07, 6.45) is 4.31. The summed E-state index contributed by atoms with van der Waals surface area (Å²) in [4.78, 5) is 6.78. The normalized spacial score (nSPS) is 18.1. The van der Waals surface area contributed by atoms with E-state index in [9.17, 15) is 0 Å². The number of guanidine groups is 1. The number of nitrogens with one attached hydrogen (secondary N) is 1. The maximum atomic E-state index is 5.70. The molecular formula is C18H28IN3O. The fraction of sp³-hybridized carbons (Fsp3) is 0.500. The first-order valence-corrected chi connectivity index (χ1v) is 8.01. The van der Waals surface area contributed by atoms with Crippen molar-refractivity contribution < 1.29 is 4.74 Å². The molecular weight excluding hydrogens is 401 g/mol. The average molecular weight is 429 g/mol. The van der Waals surface area contributed by atoms with Crippen LogP contribution in [-0.2, 0) is 6.54 Å². The predicted octanol–water partition coefficient (Wildman–Crippen LogP) is 3.68. The third-order valence-electron chi connectivity index (χ3n) is 3.93. The van der Waals surface area contributed by atoms with E-state index in [1.807, 2.05) is 25.2 Å². The van der Waals surface area contributed by atoms with Crippen molar-refractivity contribution in [3.05, 3.63) is 42.5 Å². The molecule has 1 atom stereocenters. The lowest BCUT2D eigenvalue weighted by atomic mass is 10.0. The second-order valence-corrected chi connectivity index (χ2v) is 5.80. The van der Waals surface area contributed by atoms with Gasteiger partial charge in [-0.15, -0.1) is 24.0 Å². The summed E-state index contributed by atoms with van der Waals surface area (Å²) in [5.74, 6) is 2.61. The van der Waals surface area contributed by atoms with E-state index in [-0.39, 0.29) is 24.0 Å². The molecule has 0 amide bonds. The smallest absolute Gasteiger partial charge is 0.193 e. The van der Waals surface area contributed by atoms with E-state index in [1.54, 1.807) is 6.08 Å². The zero-order valence-electron chi connectivity index (χ0n) is 14.1. The molecule has 1 heterocycles. The molecule has 2 rings (SSSR count). The summed E-state index contributed by atoms with van der Waals surface area (Å²) >= 11 is 0. The fourth-order valence-electron chi connectivity index (χ4n) is 2.83. The van der Waals surface area contributed by atoms with Crippen molar-refractivity contribution in [2.24, 2.45) is 10.9 Å². The van der Waals surface area contributed by atoms with E-state index in [1.165, 1.54) is 12.8 Å². The molecule has 0 bridgehead atoms. The molecule has 1 fully saturated rings. The number of nitrogens with zero attached hydrogens (tertiary/aromatic N) is 2. The van der Waals surface area contributed by atoms with Crippen LogP contribution in [0.1, 0.15) is 25.3 Å². The topological polar surface area (TPSA) is 36.9 Å². The number of halogens is 1. The lowest BCUT2D eigenvalue weighted by molar-refractivity contribution is 0.265. The van der Waals surface area contributed by atoms with Crippen molar-refractivity contribution in [2.75, 3.05) is 26.7 Å². The summed E-state index contributed by atoms with van der Waals surface area (Å²) < 4.78 is 5.70. The Bertz CT molecular complexity index is 519. The summed E-state index contributed by atoms with van der Waals surface area (Å²) in [6, 6.07) is 8.09. The molecule has 128 valence electrons. The third kappa shape index (κ3) is 6.05. The summed E-state index contributed by atoms with van der Waals surface area (Å²) in [7, 11) is 1.85. The molecule has 1 aliphatic rings. The third-order valence-corrected chi connectivity index (χ3v) is 3.93.